The Bertz CT molecular complexity index is 784. The smallest absolute Gasteiger partial charge is 0.262 e. The van der Waals surface area contributed by atoms with Crippen LogP contribution in [0.4, 0.5) is 15.8 Å². The molecule has 114 valence electrons. The molecule has 0 spiro atoms. The van der Waals surface area contributed by atoms with Gasteiger partial charge in [-0.15, -0.1) is 0 Å². The summed E-state index contributed by atoms with van der Waals surface area (Å²) in [4.78, 5) is -0.0488. The molecule has 0 aliphatic heterocycles. The molecule has 0 bridgehead atoms. The van der Waals surface area contributed by atoms with Gasteiger partial charge < -0.3 is 5.73 Å². The molecule has 6 nitrogen and oxygen atoms in total. The Morgan fingerprint density at radius 3 is 2.71 bits per heavy atom. The first kappa shape index (κ1) is 15.3. The van der Waals surface area contributed by atoms with Crippen LogP contribution in [0.5, 0.6) is 0 Å². The fourth-order valence-electron chi connectivity index (χ4n) is 2.04. The average Bonchev–Trinajstić information content (AvgIpc) is 2.72. The molecule has 0 saturated carbocycles. The summed E-state index contributed by atoms with van der Waals surface area (Å²) >= 11 is 0. The van der Waals surface area contributed by atoms with E-state index in [0.29, 0.717) is 17.8 Å². The van der Waals surface area contributed by atoms with E-state index in [1.165, 1.54) is 11.6 Å². The van der Waals surface area contributed by atoms with Crippen molar-refractivity contribution in [3.05, 3.63) is 35.4 Å². The Morgan fingerprint density at radius 1 is 1.43 bits per heavy atom. The zero-order valence-corrected chi connectivity index (χ0v) is 12.8. The van der Waals surface area contributed by atoms with Crippen molar-refractivity contribution < 1.29 is 12.8 Å². The molecular formula is C13H17FN4O2S. The van der Waals surface area contributed by atoms with Gasteiger partial charge in [-0.3, -0.25) is 9.40 Å². The minimum absolute atomic E-state index is 0.0488. The van der Waals surface area contributed by atoms with Gasteiger partial charge in [-0.25, -0.2) is 12.8 Å². The maximum Gasteiger partial charge on any atom is 0.262 e. The highest BCUT2D eigenvalue weighted by Crippen LogP contribution is 2.25. The second-order valence-electron chi connectivity index (χ2n) is 4.76. The van der Waals surface area contributed by atoms with Gasteiger partial charge in [-0.2, -0.15) is 5.10 Å². The number of benzene rings is 1. The predicted octanol–water partition coefficient (Wildman–Crippen LogP) is 1.81. The van der Waals surface area contributed by atoms with Crippen LogP contribution in [0.25, 0.3) is 0 Å². The normalized spacial score (nSPS) is 11.6. The van der Waals surface area contributed by atoms with Gasteiger partial charge in [-0.05, 0) is 31.0 Å². The molecule has 0 amide bonds. The number of nitrogen functional groups attached to an aromatic ring is 1. The van der Waals surface area contributed by atoms with Crippen LogP contribution in [0.2, 0.25) is 0 Å². The van der Waals surface area contributed by atoms with Crippen molar-refractivity contribution in [2.45, 2.75) is 25.2 Å². The zero-order valence-electron chi connectivity index (χ0n) is 12.0. The lowest BCUT2D eigenvalue weighted by atomic mass is 10.2. The Balaban J connectivity index is 2.45. The maximum absolute atomic E-state index is 13.3. The van der Waals surface area contributed by atoms with Gasteiger partial charge >= 0.3 is 0 Å². The van der Waals surface area contributed by atoms with Crippen LogP contribution in [-0.4, -0.2) is 18.2 Å². The van der Waals surface area contributed by atoms with Gasteiger partial charge in [0.25, 0.3) is 10.0 Å². The molecule has 1 aromatic heterocycles. The summed E-state index contributed by atoms with van der Waals surface area (Å²) in [7, 11) is -2.15. The summed E-state index contributed by atoms with van der Waals surface area (Å²) in [6.45, 7) is 3.39. The second-order valence-corrected chi connectivity index (χ2v) is 6.41. The van der Waals surface area contributed by atoms with E-state index in [0.717, 1.165) is 12.1 Å². The first-order valence-electron chi connectivity index (χ1n) is 6.35. The third kappa shape index (κ3) is 2.99. The third-order valence-electron chi connectivity index (χ3n) is 3.07. The van der Waals surface area contributed by atoms with Crippen LogP contribution in [0, 0.1) is 12.7 Å². The van der Waals surface area contributed by atoms with Crippen LogP contribution >= 0.6 is 0 Å². The lowest BCUT2D eigenvalue weighted by Gasteiger charge is -2.11. The van der Waals surface area contributed by atoms with Gasteiger partial charge in [0.15, 0.2) is 0 Å². The molecule has 0 saturated heterocycles. The number of hydrogen-bond acceptors (Lipinski definition) is 4. The number of nitrogens with two attached hydrogens (primary N) is 1. The van der Waals surface area contributed by atoms with E-state index >= 15 is 0 Å². The van der Waals surface area contributed by atoms with Crippen LogP contribution in [-0.2, 0) is 23.5 Å². The van der Waals surface area contributed by atoms with Crippen LogP contribution in [0.1, 0.15) is 18.2 Å². The summed E-state index contributed by atoms with van der Waals surface area (Å²) in [5.74, 6) is -0.637. The van der Waals surface area contributed by atoms with Gasteiger partial charge in [0.1, 0.15) is 5.82 Å². The SMILES string of the molecule is CCc1nn(C)cc1NS(=O)(=O)c1cc(N)c(F)cc1C. The van der Waals surface area contributed by atoms with Gasteiger partial charge in [0.2, 0.25) is 0 Å². The summed E-state index contributed by atoms with van der Waals surface area (Å²) in [5.41, 5.74) is 6.58. The zero-order chi connectivity index (χ0) is 15.8. The largest absolute Gasteiger partial charge is 0.396 e. The van der Waals surface area contributed by atoms with Crippen LogP contribution < -0.4 is 10.5 Å². The number of nitrogens with one attached hydrogen (secondary N) is 1. The van der Waals surface area contributed by atoms with E-state index in [1.807, 2.05) is 6.92 Å². The summed E-state index contributed by atoms with van der Waals surface area (Å²) in [6.07, 6.45) is 2.17. The van der Waals surface area contributed by atoms with Gasteiger partial charge in [0.05, 0.1) is 22.0 Å². The minimum Gasteiger partial charge on any atom is -0.396 e. The van der Waals surface area contributed by atoms with Crippen molar-refractivity contribution >= 4 is 21.4 Å². The molecule has 0 aliphatic carbocycles. The lowest BCUT2D eigenvalue weighted by molar-refractivity contribution is 0.599. The molecule has 0 radical (unpaired) electrons. The van der Waals surface area contributed by atoms with Crippen molar-refractivity contribution in [2.75, 3.05) is 10.5 Å². The summed E-state index contributed by atoms with van der Waals surface area (Å²) in [6, 6.07) is 2.23. The number of nitrogens with zero attached hydrogens (tertiary/aromatic N) is 2. The van der Waals surface area contributed by atoms with E-state index < -0.39 is 15.8 Å². The molecular weight excluding hydrogens is 295 g/mol. The molecule has 0 fully saturated rings. The van der Waals surface area contributed by atoms with Crippen molar-refractivity contribution in [2.24, 2.45) is 7.05 Å². The van der Waals surface area contributed by atoms with E-state index in [-0.39, 0.29) is 16.1 Å². The highest BCUT2D eigenvalue weighted by Gasteiger charge is 2.21. The number of hydrogen-bond donors (Lipinski definition) is 2. The topological polar surface area (TPSA) is 90.0 Å². The third-order valence-corrected chi connectivity index (χ3v) is 4.58. The van der Waals surface area contributed by atoms with Crippen molar-refractivity contribution in [1.29, 1.82) is 0 Å². The molecule has 2 rings (SSSR count). The quantitative estimate of drug-likeness (QED) is 0.843. The van der Waals surface area contributed by atoms with Gasteiger partial charge in [0, 0.05) is 13.2 Å². The summed E-state index contributed by atoms with van der Waals surface area (Å²) in [5, 5.41) is 4.17. The number of aromatic nitrogens is 2. The Labute approximate surface area is 122 Å². The number of sulfonamides is 1. The predicted molar refractivity (Wildman–Crippen MR) is 78.9 cm³/mol. The Kier molecular flexibility index (Phi) is 3.91. The Hall–Kier alpha value is -2.09. The molecule has 3 N–H and O–H groups in total. The molecule has 8 heteroatoms. The summed E-state index contributed by atoms with van der Waals surface area (Å²) < 4.78 is 42.2. The van der Waals surface area contributed by atoms with E-state index in [4.69, 9.17) is 5.73 Å². The van der Waals surface area contributed by atoms with E-state index in [2.05, 4.69) is 9.82 Å². The van der Waals surface area contributed by atoms with Crippen LogP contribution in [0.3, 0.4) is 0 Å². The highest BCUT2D eigenvalue weighted by molar-refractivity contribution is 7.92. The fraction of sp³-hybridized carbons (Fsp3) is 0.308. The second kappa shape index (κ2) is 5.36. The highest BCUT2D eigenvalue weighted by atomic mass is 32.2. The number of aryl methyl sites for hydroxylation is 3. The van der Waals surface area contributed by atoms with E-state index in [9.17, 15) is 12.8 Å². The van der Waals surface area contributed by atoms with Crippen molar-refractivity contribution in [1.82, 2.24) is 9.78 Å². The molecule has 2 aromatic rings. The molecule has 21 heavy (non-hydrogen) atoms. The monoisotopic (exact) mass is 312 g/mol. The molecule has 0 atom stereocenters. The number of anilines is 2. The molecule has 0 aliphatic rings. The number of rotatable bonds is 4. The lowest BCUT2D eigenvalue weighted by Crippen LogP contribution is -2.15. The first-order chi connectivity index (χ1) is 9.74. The molecule has 0 unspecified atom stereocenters. The maximum atomic E-state index is 13.3. The van der Waals surface area contributed by atoms with E-state index in [1.54, 1.807) is 13.2 Å². The molecule has 1 aromatic carbocycles. The van der Waals surface area contributed by atoms with Crippen molar-refractivity contribution in [3.63, 3.8) is 0 Å². The standard InChI is InChI=1S/C13H17FN4O2S/c1-4-11-12(7-18(3)16-11)17-21(19,20)13-6-10(15)9(14)5-8(13)2/h5-7,17H,4,15H2,1-3H3. The minimum atomic E-state index is -3.85. The Morgan fingerprint density at radius 2 is 2.10 bits per heavy atom. The fourth-order valence-corrected chi connectivity index (χ4v) is 3.37. The van der Waals surface area contributed by atoms with Crippen LogP contribution in [0.15, 0.2) is 23.2 Å². The number of halogens is 1. The molecule has 1 heterocycles. The van der Waals surface area contributed by atoms with Crippen molar-refractivity contribution in [3.8, 4) is 0 Å². The van der Waals surface area contributed by atoms with Gasteiger partial charge in [-0.1, -0.05) is 6.92 Å². The first-order valence-corrected chi connectivity index (χ1v) is 7.84. The average molecular weight is 312 g/mol.